The third kappa shape index (κ3) is 5.73. The summed E-state index contributed by atoms with van der Waals surface area (Å²) in [5.74, 6) is -1.17. The van der Waals surface area contributed by atoms with Gasteiger partial charge in [-0.15, -0.1) is 0 Å². The third-order valence-corrected chi connectivity index (χ3v) is 9.28. The van der Waals surface area contributed by atoms with E-state index in [1.165, 1.54) is 6.92 Å². The summed E-state index contributed by atoms with van der Waals surface area (Å²) in [4.78, 5) is 53.4. The number of aryl methyl sites for hydroxylation is 1. The lowest BCUT2D eigenvalue weighted by atomic mass is 9.88. The first-order valence-corrected chi connectivity index (χ1v) is 15.9. The van der Waals surface area contributed by atoms with Crippen molar-refractivity contribution < 1.29 is 19.1 Å². The summed E-state index contributed by atoms with van der Waals surface area (Å²) in [6.07, 6.45) is 0.205. The number of benzene rings is 4. The van der Waals surface area contributed by atoms with Gasteiger partial charge in [0, 0.05) is 24.0 Å². The third-order valence-electron chi connectivity index (χ3n) is 9.28. The molecule has 244 valence electrons. The molecule has 2 aliphatic heterocycles. The van der Waals surface area contributed by atoms with Gasteiger partial charge in [0.2, 0.25) is 0 Å². The lowest BCUT2D eigenvalue weighted by Gasteiger charge is -2.30. The van der Waals surface area contributed by atoms with E-state index in [0.717, 1.165) is 31.5 Å². The number of ether oxygens (including phenoxy) is 2. The van der Waals surface area contributed by atoms with Crippen molar-refractivity contribution >= 4 is 11.9 Å². The summed E-state index contributed by atoms with van der Waals surface area (Å²) in [6.45, 7) is 8.84. The van der Waals surface area contributed by atoms with Crippen LogP contribution in [-0.4, -0.2) is 26.3 Å². The van der Waals surface area contributed by atoms with E-state index in [0.29, 0.717) is 11.1 Å². The van der Waals surface area contributed by atoms with E-state index in [-0.39, 0.29) is 42.8 Å². The average molecular weight is 652 g/mol. The van der Waals surface area contributed by atoms with Gasteiger partial charge in [0.1, 0.15) is 5.69 Å². The predicted octanol–water partition coefficient (Wildman–Crippen LogP) is 5.84. The average Bonchev–Trinajstić information content (AvgIpc) is 3.59. The van der Waals surface area contributed by atoms with Crippen LogP contribution in [0.3, 0.4) is 0 Å². The SMILES string of the molecule is C=C1CC(Cn2nc(C)c(=O)n(CC3(c4ccc(-c5ccccc5)cc4)CC(=C)C(=O)O3)c2=O)(c2ccc(-c3ccccc3)cc2)OC1=O. The minimum Gasteiger partial charge on any atom is -0.449 e. The van der Waals surface area contributed by atoms with Gasteiger partial charge in [0.05, 0.1) is 13.1 Å². The van der Waals surface area contributed by atoms with Crippen molar-refractivity contribution in [3.8, 4) is 22.3 Å². The summed E-state index contributed by atoms with van der Waals surface area (Å²) < 4.78 is 14.1. The lowest BCUT2D eigenvalue weighted by Crippen LogP contribution is -2.49. The second kappa shape index (κ2) is 12.2. The van der Waals surface area contributed by atoms with Gasteiger partial charge < -0.3 is 9.47 Å². The van der Waals surface area contributed by atoms with Crippen LogP contribution in [0.25, 0.3) is 22.3 Å². The van der Waals surface area contributed by atoms with Crippen LogP contribution in [0.5, 0.6) is 0 Å². The molecule has 2 saturated heterocycles. The first-order valence-electron chi connectivity index (χ1n) is 15.9. The molecule has 0 saturated carbocycles. The van der Waals surface area contributed by atoms with Crippen molar-refractivity contribution in [2.45, 2.75) is 44.1 Å². The summed E-state index contributed by atoms with van der Waals surface area (Å²) in [7, 11) is 0. The number of nitrogens with zero attached hydrogens (tertiary/aromatic N) is 3. The molecule has 4 aromatic carbocycles. The highest BCUT2D eigenvalue weighted by Gasteiger charge is 2.47. The molecule has 3 heterocycles. The minimum absolute atomic E-state index is 0.0510. The molecule has 2 fully saturated rings. The van der Waals surface area contributed by atoms with Gasteiger partial charge in [-0.3, -0.25) is 9.36 Å². The highest BCUT2D eigenvalue weighted by atomic mass is 16.6. The zero-order valence-corrected chi connectivity index (χ0v) is 26.9. The molecule has 2 aliphatic rings. The quantitative estimate of drug-likeness (QED) is 0.153. The molecule has 0 aliphatic carbocycles. The molecule has 0 radical (unpaired) electrons. The smallest absolute Gasteiger partial charge is 0.347 e. The molecule has 0 spiro atoms. The first-order chi connectivity index (χ1) is 23.6. The van der Waals surface area contributed by atoms with E-state index in [4.69, 9.17) is 9.47 Å². The van der Waals surface area contributed by atoms with E-state index in [1.54, 1.807) is 0 Å². The number of hydrogen-bond acceptors (Lipinski definition) is 7. The number of hydrogen-bond donors (Lipinski definition) is 0. The van der Waals surface area contributed by atoms with Gasteiger partial charge in [-0.2, -0.15) is 5.10 Å². The minimum atomic E-state index is -1.36. The van der Waals surface area contributed by atoms with Crippen LogP contribution in [0.2, 0.25) is 0 Å². The maximum atomic E-state index is 14.2. The summed E-state index contributed by atoms with van der Waals surface area (Å²) in [6, 6.07) is 34.7. The molecular weight excluding hydrogens is 618 g/mol. The number of rotatable bonds is 8. The van der Waals surface area contributed by atoms with Gasteiger partial charge in [-0.1, -0.05) is 122 Å². The van der Waals surface area contributed by atoms with Gasteiger partial charge in [-0.25, -0.2) is 19.1 Å². The number of cyclic esters (lactones) is 2. The molecule has 9 heteroatoms. The van der Waals surface area contributed by atoms with Crippen LogP contribution in [0.1, 0.15) is 29.7 Å². The molecule has 49 heavy (non-hydrogen) atoms. The number of aromatic nitrogens is 3. The molecule has 5 aromatic rings. The molecule has 0 bridgehead atoms. The largest absolute Gasteiger partial charge is 0.449 e. The van der Waals surface area contributed by atoms with Crippen LogP contribution < -0.4 is 11.2 Å². The van der Waals surface area contributed by atoms with Crippen LogP contribution in [-0.2, 0) is 43.4 Å². The van der Waals surface area contributed by atoms with E-state index in [1.807, 2.05) is 109 Å². The van der Waals surface area contributed by atoms with Crippen molar-refractivity contribution in [2.75, 3.05) is 0 Å². The Labute approximate surface area is 282 Å². The van der Waals surface area contributed by atoms with Crippen LogP contribution in [0.15, 0.2) is 143 Å². The van der Waals surface area contributed by atoms with Gasteiger partial charge in [-0.05, 0) is 40.3 Å². The Hall–Kier alpha value is -6.09. The molecule has 9 nitrogen and oxygen atoms in total. The molecule has 7 rings (SSSR count). The van der Waals surface area contributed by atoms with Crippen LogP contribution >= 0.6 is 0 Å². The topological polar surface area (TPSA) is 109 Å². The fourth-order valence-electron chi connectivity index (χ4n) is 6.71. The van der Waals surface area contributed by atoms with Gasteiger partial charge >= 0.3 is 17.6 Å². The molecule has 0 N–H and O–H groups in total. The highest BCUT2D eigenvalue weighted by molar-refractivity contribution is 5.91. The Kier molecular flexibility index (Phi) is 7.83. The second-order valence-corrected chi connectivity index (χ2v) is 12.6. The van der Waals surface area contributed by atoms with Crippen molar-refractivity contribution in [1.82, 2.24) is 14.3 Å². The fraction of sp³-hybridized carbons (Fsp3) is 0.175. The summed E-state index contributed by atoms with van der Waals surface area (Å²) >= 11 is 0. The van der Waals surface area contributed by atoms with E-state index in [9.17, 15) is 19.2 Å². The van der Waals surface area contributed by atoms with Crippen LogP contribution in [0.4, 0.5) is 0 Å². The summed E-state index contributed by atoms with van der Waals surface area (Å²) in [5.41, 5.74) is 1.76. The Morgan fingerprint density at radius 3 is 1.43 bits per heavy atom. The monoisotopic (exact) mass is 651 g/mol. The van der Waals surface area contributed by atoms with Crippen LogP contribution in [0, 0.1) is 6.92 Å². The number of esters is 2. The van der Waals surface area contributed by atoms with Crippen molar-refractivity contribution in [1.29, 1.82) is 0 Å². The summed E-state index contributed by atoms with van der Waals surface area (Å²) in [5, 5.41) is 4.35. The Bertz CT molecular complexity index is 2200. The standard InChI is InChI=1S/C40H33N3O6/c1-26-22-39(48-36(26)45,33-18-14-31(15-19-33)29-10-6-4-7-11-29)24-42-35(44)28(3)41-43(38(42)47)25-40(23-27(2)37(46)49-40)34-20-16-32(17-21-34)30-12-8-5-9-13-30/h4-21H,1-2,22-25H2,3H3. The first kappa shape index (κ1) is 31.5. The zero-order valence-electron chi connectivity index (χ0n) is 26.9. The lowest BCUT2D eigenvalue weighted by molar-refractivity contribution is -0.149. The van der Waals surface area contributed by atoms with Crippen molar-refractivity contribution in [3.63, 3.8) is 0 Å². The maximum Gasteiger partial charge on any atom is 0.347 e. The Morgan fingerprint density at radius 2 is 1.02 bits per heavy atom. The van der Waals surface area contributed by atoms with Crippen molar-refractivity contribution in [2.24, 2.45) is 0 Å². The van der Waals surface area contributed by atoms with Gasteiger partial charge in [0.25, 0.3) is 5.56 Å². The molecular formula is C40H33N3O6. The number of carbonyl (C=O) groups is 2. The highest BCUT2D eigenvalue weighted by Crippen LogP contribution is 2.42. The van der Waals surface area contributed by atoms with Gasteiger partial charge in [0.15, 0.2) is 11.2 Å². The maximum absolute atomic E-state index is 14.2. The second-order valence-electron chi connectivity index (χ2n) is 12.6. The zero-order chi connectivity index (χ0) is 34.3. The normalized spacial score (nSPS) is 20.3. The van der Waals surface area contributed by atoms with E-state index in [2.05, 4.69) is 18.3 Å². The Morgan fingerprint density at radius 1 is 0.612 bits per heavy atom. The fourth-order valence-corrected chi connectivity index (χ4v) is 6.71. The molecule has 2 unspecified atom stereocenters. The van der Waals surface area contributed by atoms with Crippen molar-refractivity contribution in [3.05, 3.63) is 171 Å². The Balaban J connectivity index is 1.27. The van der Waals surface area contributed by atoms with E-state index >= 15 is 0 Å². The molecule has 1 aromatic heterocycles. The molecule has 0 amide bonds. The molecule has 2 atom stereocenters. The number of carbonyl (C=O) groups excluding carboxylic acids is 2. The van der Waals surface area contributed by atoms with E-state index < -0.39 is 34.4 Å². The predicted molar refractivity (Wildman–Crippen MR) is 184 cm³/mol.